The lowest BCUT2D eigenvalue weighted by Gasteiger charge is -2.40. The SMILES string of the molecule is CCCC(=O)N(CCc1cc2ccccc2[nH]1)C1C=C(C(=O)NCCO)C2c3cc(C=O)cc(OC)c3OC2C1O. The monoisotopic (exact) mass is 561 g/mol. The third kappa shape index (κ3) is 5.45. The Kier molecular flexibility index (Phi) is 8.41. The molecule has 2 aliphatic rings. The van der Waals surface area contributed by atoms with E-state index in [0.717, 1.165) is 16.6 Å². The fraction of sp³-hybridized carbons (Fsp3) is 0.387. The van der Waals surface area contributed by atoms with Gasteiger partial charge in [0.15, 0.2) is 11.5 Å². The van der Waals surface area contributed by atoms with Gasteiger partial charge in [-0.25, -0.2) is 0 Å². The Hall–Kier alpha value is -4.15. The highest BCUT2D eigenvalue weighted by Gasteiger charge is 2.51. The fourth-order valence-corrected chi connectivity index (χ4v) is 5.87. The van der Waals surface area contributed by atoms with Crippen LogP contribution in [0.2, 0.25) is 0 Å². The second kappa shape index (κ2) is 12.2. The zero-order valence-corrected chi connectivity index (χ0v) is 23.1. The summed E-state index contributed by atoms with van der Waals surface area (Å²) >= 11 is 0. The number of aliphatic hydroxyl groups excluding tert-OH is 2. The first-order valence-electron chi connectivity index (χ1n) is 13.9. The van der Waals surface area contributed by atoms with Gasteiger partial charge >= 0.3 is 0 Å². The summed E-state index contributed by atoms with van der Waals surface area (Å²) in [6.07, 6.45) is 1.65. The van der Waals surface area contributed by atoms with E-state index >= 15 is 0 Å². The van der Waals surface area contributed by atoms with Crippen molar-refractivity contribution in [2.45, 2.75) is 50.4 Å². The molecular formula is C31H35N3O7. The van der Waals surface area contributed by atoms with Gasteiger partial charge < -0.3 is 34.9 Å². The van der Waals surface area contributed by atoms with E-state index < -0.39 is 30.1 Å². The Bertz CT molecular complexity index is 1450. The van der Waals surface area contributed by atoms with Crippen LogP contribution in [-0.4, -0.2) is 83.3 Å². The average Bonchev–Trinajstić information content (AvgIpc) is 3.58. The normalized spacial score (nSPS) is 20.9. The largest absolute Gasteiger partial charge is 0.493 e. The molecule has 2 amide bonds. The van der Waals surface area contributed by atoms with Crippen LogP contribution in [0.5, 0.6) is 11.5 Å². The van der Waals surface area contributed by atoms with E-state index in [-0.39, 0.29) is 25.5 Å². The van der Waals surface area contributed by atoms with E-state index in [1.165, 1.54) is 7.11 Å². The van der Waals surface area contributed by atoms with Gasteiger partial charge in [0, 0.05) is 53.8 Å². The topological polar surface area (TPSA) is 141 Å². The number of carbonyl (C=O) groups excluding carboxylic acids is 3. The minimum absolute atomic E-state index is 0.0328. The Labute approximate surface area is 237 Å². The first-order chi connectivity index (χ1) is 19.9. The third-order valence-corrected chi connectivity index (χ3v) is 7.76. The molecular weight excluding hydrogens is 526 g/mol. The number of H-pyrrole nitrogens is 1. The molecule has 216 valence electrons. The first kappa shape index (κ1) is 28.4. The summed E-state index contributed by atoms with van der Waals surface area (Å²) in [4.78, 5) is 43.6. The molecule has 1 aliphatic carbocycles. The van der Waals surface area contributed by atoms with Crippen molar-refractivity contribution < 1.29 is 34.1 Å². The molecule has 4 unspecified atom stereocenters. The zero-order valence-electron chi connectivity index (χ0n) is 23.1. The van der Waals surface area contributed by atoms with Crippen LogP contribution in [-0.2, 0) is 16.0 Å². The van der Waals surface area contributed by atoms with E-state index in [4.69, 9.17) is 9.47 Å². The first-order valence-corrected chi connectivity index (χ1v) is 13.9. The van der Waals surface area contributed by atoms with Crippen LogP contribution in [0.15, 0.2) is 54.1 Å². The van der Waals surface area contributed by atoms with Gasteiger partial charge in [-0.1, -0.05) is 25.1 Å². The maximum atomic E-state index is 13.5. The molecule has 0 fully saturated rings. The standard InChI is InChI=1S/C31H35N3O7/c1-3-6-26(37)34(11-9-20-15-19-7-4-5-8-23(19)33-20)24-16-22(31(39)32-10-12-35)27-21-13-18(17-36)14-25(40-2)29(21)41-30(27)28(24)38/h4-5,7-8,13-17,24,27-28,30,33,35,38H,3,6,9-12H2,1-2H3,(H,32,39). The maximum absolute atomic E-state index is 13.5. The van der Waals surface area contributed by atoms with E-state index in [1.54, 1.807) is 23.1 Å². The number of rotatable bonds is 11. The highest BCUT2D eigenvalue weighted by molar-refractivity contribution is 5.96. The lowest BCUT2D eigenvalue weighted by atomic mass is 9.77. The Morgan fingerprint density at radius 3 is 2.73 bits per heavy atom. The van der Waals surface area contributed by atoms with Crippen LogP contribution >= 0.6 is 0 Å². The number of aldehydes is 1. The number of carbonyl (C=O) groups is 3. The smallest absolute Gasteiger partial charge is 0.247 e. The van der Waals surface area contributed by atoms with Gasteiger partial charge in [0.2, 0.25) is 11.8 Å². The molecule has 3 aromatic rings. The molecule has 2 heterocycles. The second-order valence-corrected chi connectivity index (χ2v) is 10.4. The molecule has 0 saturated heterocycles. The maximum Gasteiger partial charge on any atom is 0.247 e. The van der Waals surface area contributed by atoms with Gasteiger partial charge in [0.05, 0.1) is 25.7 Å². The second-order valence-electron chi connectivity index (χ2n) is 10.4. The highest BCUT2D eigenvalue weighted by Crippen LogP contribution is 2.51. The van der Waals surface area contributed by atoms with Gasteiger partial charge in [-0.3, -0.25) is 14.4 Å². The summed E-state index contributed by atoms with van der Waals surface area (Å²) in [5.41, 5.74) is 3.13. The summed E-state index contributed by atoms with van der Waals surface area (Å²) < 4.78 is 11.7. The van der Waals surface area contributed by atoms with Crippen molar-refractivity contribution in [2.75, 3.05) is 26.8 Å². The molecule has 0 spiro atoms. The van der Waals surface area contributed by atoms with Crippen molar-refractivity contribution >= 4 is 29.0 Å². The molecule has 0 bridgehead atoms. The van der Waals surface area contributed by atoms with Crippen LogP contribution in [0.4, 0.5) is 0 Å². The van der Waals surface area contributed by atoms with Gasteiger partial charge in [-0.2, -0.15) is 0 Å². The van der Waals surface area contributed by atoms with Crippen LogP contribution in [0.3, 0.4) is 0 Å². The molecule has 0 saturated carbocycles. The number of nitrogens with one attached hydrogen (secondary N) is 2. The summed E-state index contributed by atoms with van der Waals surface area (Å²) in [7, 11) is 1.45. The van der Waals surface area contributed by atoms with Crippen molar-refractivity contribution in [3.05, 3.63) is 70.9 Å². The van der Waals surface area contributed by atoms with Gasteiger partial charge in [-0.05, 0) is 42.1 Å². The number of aromatic amines is 1. The molecule has 0 radical (unpaired) electrons. The molecule has 5 rings (SSSR count). The van der Waals surface area contributed by atoms with Crippen molar-refractivity contribution in [3.8, 4) is 11.5 Å². The van der Waals surface area contributed by atoms with Crippen molar-refractivity contribution in [3.63, 3.8) is 0 Å². The number of hydrogen-bond acceptors (Lipinski definition) is 7. The number of ether oxygens (including phenoxy) is 2. The number of methoxy groups -OCH3 is 1. The number of aliphatic hydroxyl groups is 2. The van der Waals surface area contributed by atoms with Crippen LogP contribution in [0.1, 0.15) is 47.3 Å². The lowest BCUT2D eigenvalue weighted by Crippen LogP contribution is -2.56. The number of amides is 2. The summed E-state index contributed by atoms with van der Waals surface area (Å²) in [6, 6.07) is 12.3. The molecule has 1 aliphatic heterocycles. The van der Waals surface area contributed by atoms with Crippen LogP contribution in [0.25, 0.3) is 10.9 Å². The number of fused-ring (bicyclic) bond motifs is 4. The Morgan fingerprint density at radius 1 is 1.22 bits per heavy atom. The molecule has 1 aromatic heterocycles. The molecule has 2 aromatic carbocycles. The fourth-order valence-electron chi connectivity index (χ4n) is 5.87. The molecule has 4 atom stereocenters. The van der Waals surface area contributed by atoms with Gasteiger partial charge in [-0.15, -0.1) is 0 Å². The molecule has 41 heavy (non-hydrogen) atoms. The summed E-state index contributed by atoms with van der Waals surface area (Å²) in [5, 5.41) is 24.8. The Morgan fingerprint density at radius 2 is 2.02 bits per heavy atom. The number of hydrogen-bond donors (Lipinski definition) is 4. The molecule has 10 heteroatoms. The highest BCUT2D eigenvalue weighted by atomic mass is 16.5. The summed E-state index contributed by atoms with van der Waals surface area (Å²) in [6.45, 7) is 2.00. The molecule has 10 nitrogen and oxygen atoms in total. The number of aromatic nitrogens is 1. The van der Waals surface area contributed by atoms with Crippen LogP contribution < -0.4 is 14.8 Å². The van der Waals surface area contributed by atoms with E-state index in [2.05, 4.69) is 10.3 Å². The number of benzene rings is 2. The quantitative estimate of drug-likeness (QED) is 0.264. The predicted molar refractivity (Wildman–Crippen MR) is 152 cm³/mol. The van der Waals surface area contributed by atoms with Gasteiger partial charge in [0.1, 0.15) is 18.5 Å². The van der Waals surface area contributed by atoms with E-state index in [0.29, 0.717) is 53.9 Å². The van der Waals surface area contributed by atoms with Crippen molar-refractivity contribution in [1.29, 1.82) is 0 Å². The Balaban J connectivity index is 1.53. The van der Waals surface area contributed by atoms with Crippen molar-refractivity contribution in [1.82, 2.24) is 15.2 Å². The lowest BCUT2D eigenvalue weighted by molar-refractivity contribution is -0.137. The number of para-hydroxylation sites is 1. The minimum Gasteiger partial charge on any atom is -0.493 e. The average molecular weight is 562 g/mol. The van der Waals surface area contributed by atoms with Crippen LogP contribution in [0, 0.1) is 0 Å². The van der Waals surface area contributed by atoms with E-state index in [1.807, 2.05) is 37.3 Å². The number of nitrogens with zero attached hydrogens (tertiary/aromatic N) is 1. The van der Waals surface area contributed by atoms with Gasteiger partial charge in [0.25, 0.3) is 0 Å². The van der Waals surface area contributed by atoms with E-state index in [9.17, 15) is 24.6 Å². The molecule has 4 N–H and O–H groups in total. The zero-order chi connectivity index (χ0) is 29.1. The third-order valence-electron chi connectivity index (χ3n) is 7.76. The van der Waals surface area contributed by atoms with Crippen molar-refractivity contribution in [2.24, 2.45) is 0 Å². The minimum atomic E-state index is -1.17. The predicted octanol–water partition coefficient (Wildman–Crippen LogP) is 2.48. The summed E-state index contributed by atoms with van der Waals surface area (Å²) in [5.74, 6) is -0.639.